The molecule has 0 rings (SSSR count). The summed E-state index contributed by atoms with van der Waals surface area (Å²) >= 11 is 0. The van der Waals surface area contributed by atoms with Gasteiger partial charge in [0, 0.05) is 12.1 Å². The predicted molar refractivity (Wildman–Crippen MR) is 40.3 cm³/mol. The van der Waals surface area contributed by atoms with Crippen molar-refractivity contribution in [3.8, 4) is 0 Å². The average Bonchev–Trinajstić information content (AvgIpc) is 1.81. The molecule has 0 saturated heterocycles. The van der Waals surface area contributed by atoms with Crippen LogP contribution in [-0.2, 0) is 0 Å². The van der Waals surface area contributed by atoms with Gasteiger partial charge < -0.3 is 5.21 Å². The minimum absolute atomic E-state index is 0.234. The van der Waals surface area contributed by atoms with Crippen molar-refractivity contribution in [2.75, 3.05) is 0 Å². The first-order valence-corrected chi connectivity index (χ1v) is 3.41. The Hall–Kier alpha value is -0.800. The summed E-state index contributed by atoms with van der Waals surface area (Å²) in [4.78, 5) is 0. The molecule has 10 heavy (non-hydrogen) atoms. The fraction of sp³-hybridized carbons (Fsp3) is 1.00. The van der Waals surface area contributed by atoms with Crippen LogP contribution in [0.1, 0.15) is 27.7 Å². The van der Waals surface area contributed by atoms with Crippen molar-refractivity contribution in [3.63, 3.8) is 0 Å². The molecule has 0 atom stereocenters. The number of hydrogen-bond donors (Lipinski definition) is 0. The van der Waals surface area contributed by atoms with E-state index in [1.54, 1.807) is 5.01 Å². The molecule has 0 aliphatic carbocycles. The zero-order valence-electron chi connectivity index (χ0n) is 6.90. The molecule has 0 aromatic rings. The predicted octanol–water partition coefficient (Wildman–Crippen LogP) is 1.97. The van der Waals surface area contributed by atoms with Gasteiger partial charge >= 0.3 is 0 Å². The SMILES string of the molecule is CC(C)N(/N=N/[O-])C(C)C. The number of nitrogens with zero attached hydrogens (tertiary/aromatic N) is 3. The van der Waals surface area contributed by atoms with Crippen LogP contribution in [0, 0.1) is 5.21 Å². The van der Waals surface area contributed by atoms with Gasteiger partial charge in [0.25, 0.3) is 0 Å². The van der Waals surface area contributed by atoms with Crippen LogP contribution in [0.3, 0.4) is 0 Å². The summed E-state index contributed by atoms with van der Waals surface area (Å²) < 4.78 is 0. The minimum atomic E-state index is 0.234. The topological polar surface area (TPSA) is 51.0 Å². The summed E-state index contributed by atoms with van der Waals surface area (Å²) in [5, 5.41) is 17.3. The number of hydrogen-bond acceptors (Lipinski definition) is 3. The fourth-order valence-electron chi connectivity index (χ4n) is 0.845. The first kappa shape index (κ1) is 9.20. The second kappa shape index (κ2) is 4.09. The Morgan fingerprint density at radius 2 is 1.50 bits per heavy atom. The third-order valence-corrected chi connectivity index (χ3v) is 1.20. The highest BCUT2D eigenvalue weighted by Crippen LogP contribution is 2.04. The van der Waals surface area contributed by atoms with E-state index < -0.39 is 0 Å². The Balaban J connectivity index is 3.98. The summed E-state index contributed by atoms with van der Waals surface area (Å²) in [6.45, 7) is 7.87. The molecule has 0 amide bonds. The maximum Gasteiger partial charge on any atom is 0.0434 e. The molecule has 4 nitrogen and oxygen atoms in total. The smallest absolute Gasteiger partial charge is 0.0434 e. The molecule has 0 aromatic heterocycles. The summed E-state index contributed by atoms with van der Waals surface area (Å²) in [5.74, 6) is 0. The third kappa shape index (κ3) is 2.66. The molecule has 0 fully saturated rings. The van der Waals surface area contributed by atoms with Gasteiger partial charge in [0.1, 0.15) is 0 Å². The maximum atomic E-state index is 9.77. The van der Waals surface area contributed by atoms with Gasteiger partial charge in [-0.2, -0.15) is 5.28 Å². The van der Waals surface area contributed by atoms with Gasteiger partial charge in [-0.3, -0.25) is 5.01 Å². The molecule has 0 aliphatic heterocycles. The molecule has 0 aromatic carbocycles. The Kier molecular flexibility index (Phi) is 3.76. The summed E-state index contributed by atoms with van der Waals surface area (Å²) in [6, 6.07) is 0.468. The second-order valence-corrected chi connectivity index (χ2v) is 2.74. The van der Waals surface area contributed by atoms with Crippen molar-refractivity contribution in [1.82, 2.24) is 5.01 Å². The standard InChI is InChI=1S/C6H15N3O/c1-5(2)9(6(3)4)7-8-10/h5-6H,1-4H3,(H,7,10)/p-1. The molecular weight excluding hydrogens is 130 g/mol. The van der Waals surface area contributed by atoms with Crippen LogP contribution in [-0.4, -0.2) is 17.1 Å². The lowest BCUT2D eigenvalue weighted by Gasteiger charge is -2.26. The highest BCUT2D eigenvalue weighted by molar-refractivity contribution is 4.60. The van der Waals surface area contributed by atoms with Gasteiger partial charge in [-0.05, 0) is 27.7 Å². The van der Waals surface area contributed by atoms with Gasteiger partial charge in [-0.15, -0.1) is 0 Å². The highest BCUT2D eigenvalue weighted by atomic mass is 16.5. The summed E-state index contributed by atoms with van der Waals surface area (Å²) in [7, 11) is 0. The van der Waals surface area contributed by atoms with Gasteiger partial charge in [0.15, 0.2) is 0 Å². The fourth-order valence-corrected chi connectivity index (χ4v) is 0.845. The normalized spacial score (nSPS) is 11.8. The van der Waals surface area contributed by atoms with E-state index >= 15 is 0 Å². The van der Waals surface area contributed by atoms with Crippen molar-refractivity contribution in [3.05, 3.63) is 5.21 Å². The zero-order chi connectivity index (χ0) is 8.15. The largest absolute Gasteiger partial charge is 0.774 e. The Labute approximate surface area is 61.5 Å². The first-order valence-electron chi connectivity index (χ1n) is 3.41. The van der Waals surface area contributed by atoms with Crippen molar-refractivity contribution in [2.45, 2.75) is 39.8 Å². The van der Waals surface area contributed by atoms with E-state index in [2.05, 4.69) is 10.5 Å². The van der Waals surface area contributed by atoms with Crippen molar-refractivity contribution >= 4 is 0 Å². The molecule has 0 spiro atoms. The van der Waals surface area contributed by atoms with E-state index in [1.165, 1.54) is 0 Å². The molecule has 0 unspecified atom stereocenters. The van der Waals surface area contributed by atoms with Gasteiger partial charge in [0.05, 0.1) is 0 Å². The molecule has 0 aliphatic rings. The van der Waals surface area contributed by atoms with E-state index in [0.717, 1.165) is 0 Å². The third-order valence-electron chi connectivity index (χ3n) is 1.20. The summed E-state index contributed by atoms with van der Waals surface area (Å²) in [6.07, 6.45) is 0. The Bertz CT molecular complexity index is 104. The van der Waals surface area contributed by atoms with E-state index in [-0.39, 0.29) is 12.1 Å². The van der Waals surface area contributed by atoms with E-state index in [4.69, 9.17) is 0 Å². The lowest BCUT2D eigenvalue weighted by atomic mass is 10.3. The van der Waals surface area contributed by atoms with Crippen molar-refractivity contribution in [1.29, 1.82) is 0 Å². The lowest BCUT2D eigenvalue weighted by molar-refractivity contribution is 0.169. The van der Waals surface area contributed by atoms with E-state index in [0.29, 0.717) is 0 Å². The molecule has 60 valence electrons. The second-order valence-electron chi connectivity index (χ2n) is 2.74. The monoisotopic (exact) mass is 144 g/mol. The van der Waals surface area contributed by atoms with Crippen molar-refractivity contribution in [2.24, 2.45) is 10.5 Å². The van der Waals surface area contributed by atoms with Crippen molar-refractivity contribution < 1.29 is 0 Å². The minimum Gasteiger partial charge on any atom is -0.774 e. The van der Waals surface area contributed by atoms with E-state index in [1.807, 2.05) is 27.7 Å². The molecule has 0 bridgehead atoms. The Morgan fingerprint density at radius 3 is 1.60 bits per heavy atom. The van der Waals surface area contributed by atoms with Gasteiger partial charge in [-0.1, -0.05) is 5.22 Å². The van der Waals surface area contributed by atoms with E-state index in [9.17, 15) is 5.21 Å². The lowest BCUT2D eigenvalue weighted by Crippen LogP contribution is -2.31. The average molecular weight is 144 g/mol. The molecule has 4 heteroatoms. The van der Waals surface area contributed by atoms with Gasteiger partial charge in [0.2, 0.25) is 0 Å². The van der Waals surface area contributed by atoms with Crippen LogP contribution < -0.4 is 0 Å². The molecular formula is C6H14N3O-. The Morgan fingerprint density at radius 1 is 1.10 bits per heavy atom. The highest BCUT2D eigenvalue weighted by Gasteiger charge is 2.08. The first-order chi connectivity index (χ1) is 4.59. The molecule has 0 heterocycles. The molecule has 0 N–H and O–H groups in total. The van der Waals surface area contributed by atoms with Gasteiger partial charge in [-0.25, -0.2) is 0 Å². The quantitative estimate of drug-likeness (QED) is 0.449. The summed E-state index contributed by atoms with van der Waals surface area (Å²) in [5.41, 5.74) is 0. The maximum absolute atomic E-state index is 9.77. The molecule has 0 saturated carbocycles. The van der Waals surface area contributed by atoms with Crippen LogP contribution >= 0.6 is 0 Å². The van der Waals surface area contributed by atoms with Crippen LogP contribution in [0.15, 0.2) is 10.5 Å². The van der Waals surface area contributed by atoms with Crippen LogP contribution in [0.25, 0.3) is 0 Å². The van der Waals surface area contributed by atoms with Crippen LogP contribution in [0.2, 0.25) is 0 Å². The zero-order valence-corrected chi connectivity index (χ0v) is 6.90. The number of rotatable bonds is 3. The van der Waals surface area contributed by atoms with Crippen LogP contribution in [0.5, 0.6) is 0 Å². The molecule has 0 radical (unpaired) electrons. The van der Waals surface area contributed by atoms with Crippen LogP contribution in [0.4, 0.5) is 0 Å².